The van der Waals surface area contributed by atoms with Gasteiger partial charge in [0.25, 0.3) is 0 Å². The lowest BCUT2D eigenvalue weighted by molar-refractivity contribution is 0.270. The zero-order chi connectivity index (χ0) is 14.6. The summed E-state index contributed by atoms with van der Waals surface area (Å²) in [6, 6.07) is 1.63. The topological polar surface area (TPSA) is 92.4 Å². The van der Waals surface area contributed by atoms with E-state index in [0.717, 1.165) is 12.1 Å². The number of anilines is 1. The van der Waals surface area contributed by atoms with E-state index in [-0.39, 0.29) is 18.7 Å². The average molecular weight is 355 g/mol. The van der Waals surface area contributed by atoms with Gasteiger partial charge in [0.1, 0.15) is 10.7 Å². The van der Waals surface area contributed by atoms with Gasteiger partial charge in [0.05, 0.1) is 0 Å². The number of hydrogen-bond donors (Lipinski definition) is 3. The molecule has 0 amide bonds. The Morgan fingerprint density at radius 3 is 2.68 bits per heavy atom. The van der Waals surface area contributed by atoms with Crippen molar-refractivity contribution in [1.29, 1.82) is 0 Å². The average Bonchev–Trinajstić information content (AvgIpc) is 2.32. The third-order valence-electron chi connectivity index (χ3n) is 2.63. The van der Waals surface area contributed by atoms with Gasteiger partial charge in [-0.05, 0) is 40.9 Å². The first kappa shape index (κ1) is 16.4. The highest BCUT2D eigenvalue weighted by Gasteiger charge is 2.23. The van der Waals surface area contributed by atoms with Crippen molar-refractivity contribution in [2.45, 2.75) is 30.7 Å². The van der Waals surface area contributed by atoms with Crippen LogP contribution in [0.15, 0.2) is 21.5 Å². The van der Waals surface area contributed by atoms with Gasteiger partial charge < -0.3 is 10.8 Å². The van der Waals surface area contributed by atoms with E-state index < -0.39 is 26.8 Å². The van der Waals surface area contributed by atoms with Crippen LogP contribution in [0.4, 0.5) is 10.1 Å². The van der Waals surface area contributed by atoms with Crippen LogP contribution in [0.2, 0.25) is 0 Å². The predicted molar refractivity (Wildman–Crippen MR) is 74.6 cm³/mol. The van der Waals surface area contributed by atoms with Gasteiger partial charge in [0, 0.05) is 22.8 Å². The van der Waals surface area contributed by atoms with E-state index in [0.29, 0.717) is 10.9 Å². The molecule has 5 nitrogen and oxygen atoms in total. The van der Waals surface area contributed by atoms with Gasteiger partial charge in [-0.1, -0.05) is 6.92 Å². The molecule has 0 saturated carbocycles. The molecule has 1 aromatic carbocycles. The number of nitrogens with two attached hydrogens (primary N) is 1. The Morgan fingerprint density at radius 2 is 2.16 bits per heavy atom. The van der Waals surface area contributed by atoms with Crippen molar-refractivity contribution in [3.63, 3.8) is 0 Å². The molecule has 1 rings (SSSR count). The zero-order valence-corrected chi connectivity index (χ0v) is 12.8. The molecule has 0 bridgehead atoms. The van der Waals surface area contributed by atoms with Crippen LogP contribution in [-0.2, 0) is 10.0 Å². The molecule has 0 aromatic heterocycles. The van der Waals surface area contributed by atoms with E-state index in [2.05, 4.69) is 20.7 Å². The first-order valence-electron chi connectivity index (χ1n) is 5.69. The molecule has 0 heterocycles. The van der Waals surface area contributed by atoms with Gasteiger partial charge in [-0.25, -0.2) is 17.5 Å². The second-order valence-electron chi connectivity index (χ2n) is 4.04. The zero-order valence-electron chi connectivity index (χ0n) is 10.4. The first-order valence-corrected chi connectivity index (χ1v) is 7.97. The molecule has 1 aromatic rings. The van der Waals surface area contributed by atoms with Gasteiger partial charge in [-0.2, -0.15) is 0 Å². The largest absolute Gasteiger partial charge is 0.398 e. The first-order chi connectivity index (χ1) is 8.81. The minimum atomic E-state index is -4.00. The van der Waals surface area contributed by atoms with Crippen LogP contribution in [-0.4, -0.2) is 26.2 Å². The summed E-state index contributed by atoms with van der Waals surface area (Å²) in [6.07, 6.45) is 0.761. The summed E-state index contributed by atoms with van der Waals surface area (Å²) in [5, 5.41) is 8.84. The van der Waals surface area contributed by atoms with Gasteiger partial charge in [0.2, 0.25) is 10.0 Å². The van der Waals surface area contributed by atoms with Crippen LogP contribution < -0.4 is 10.5 Å². The molecule has 19 heavy (non-hydrogen) atoms. The van der Waals surface area contributed by atoms with E-state index in [1.165, 1.54) is 0 Å². The van der Waals surface area contributed by atoms with E-state index in [1.807, 2.05) is 0 Å². The highest BCUT2D eigenvalue weighted by atomic mass is 79.9. The van der Waals surface area contributed by atoms with E-state index in [4.69, 9.17) is 10.8 Å². The standard InChI is InChI=1S/C11H16BrFN2O3S/c1-2-7(3-4-16)15-19(17,18)11-6-10(14)8(12)5-9(11)13/h5-7,15-16H,2-4,14H2,1H3. The number of rotatable bonds is 6. The smallest absolute Gasteiger partial charge is 0.243 e. The summed E-state index contributed by atoms with van der Waals surface area (Å²) >= 11 is 3.02. The molecule has 0 saturated heterocycles. The van der Waals surface area contributed by atoms with Crippen molar-refractivity contribution in [2.75, 3.05) is 12.3 Å². The minimum Gasteiger partial charge on any atom is -0.398 e. The van der Waals surface area contributed by atoms with Gasteiger partial charge in [0.15, 0.2) is 0 Å². The molecule has 8 heteroatoms. The maximum Gasteiger partial charge on any atom is 0.243 e. The second kappa shape index (κ2) is 6.65. The molecule has 0 spiro atoms. The number of nitrogens with one attached hydrogen (secondary N) is 1. The molecule has 0 aliphatic carbocycles. The lowest BCUT2D eigenvalue weighted by Crippen LogP contribution is -2.35. The summed E-state index contributed by atoms with van der Waals surface area (Å²) in [6.45, 7) is 1.63. The Balaban J connectivity index is 3.10. The van der Waals surface area contributed by atoms with Gasteiger partial charge >= 0.3 is 0 Å². The van der Waals surface area contributed by atoms with Gasteiger partial charge in [-0.3, -0.25) is 0 Å². The molecule has 1 atom stereocenters. The Morgan fingerprint density at radius 1 is 1.53 bits per heavy atom. The molecule has 0 radical (unpaired) electrons. The van der Waals surface area contributed by atoms with Gasteiger partial charge in [-0.15, -0.1) is 0 Å². The summed E-state index contributed by atoms with van der Waals surface area (Å²) in [5.74, 6) is -0.882. The van der Waals surface area contributed by atoms with Crippen LogP contribution >= 0.6 is 15.9 Å². The lowest BCUT2D eigenvalue weighted by Gasteiger charge is -2.16. The normalized spacial score (nSPS) is 13.5. The van der Waals surface area contributed by atoms with Crippen molar-refractivity contribution in [2.24, 2.45) is 0 Å². The second-order valence-corrected chi connectivity index (χ2v) is 6.58. The molecule has 0 aliphatic rings. The van der Waals surface area contributed by atoms with Crippen molar-refractivity contribution < 1.29 is 17.9 Å². The third kappa shape index (κ3) is 4.13. The third-order valence-corrected chi connectivity index (χ3v) is 4.86. The Kier molecular flexibility index (Phi) is 5.72. The number of sulfonamides is 1. The number of aliphatic hydroxyl groups is 1. The minimum absolute atomic E-state index is 0.136. The van der Waals surface area contributed by atoms with E-state index in [1.54, 1.807) is 6.92 Å². The van der Waals surface area contributed by atoms with Crippen molar-refractivity contribution in [3.8, 4) is 0 Å². The molecule has 108 valence electrons. The summed E-state index contributed by atoms with van der Waals surface area (Å²) < 4.78 is 40.5. The van der Waals surface area contributed by atoms with Crippen LogP contribution in [0.3, 0.4) is 0 Å². The maximum absolute atomic E-state index is 13.7. The maximum atomic E-state index is 13.7. The molecule has 4 N–H and O–H groups in total. The monoisotopic (exact) mass is 354 g/mol. The van der Waals surface area contributed by atoms with Crippen molar-refractivity contribution in [3.05, 3.63) is 22.4 Å². The van der Waals surface area contributed by atoms with Crippen LogP contribution in [0.1, 0.15) is 19.8 Å². The fourth-order valence-electron chi connectivity index (χ4n) is 1.54. The van der Waals surface area contributed by atoms with Crippen molar-refractivity contribution >= 4 is 31.6 Å². The highest BCUT2D eigenvalue weighted by molar-refractivity contribution is 9.10. The highest BCUT2D eigenvalue weighted by Crippen LogP contribution is 2.26. The number of hydrogen-bond acceptors (Lipinski definition) is 4. The molecule has 0 fully saturated rings. The number of halogens is 2. The number of nitrogen functional groups attached to an aromatic ring is 1. The number of aliphatic hydroxyl groups excluding tert-OH is 1. The predicted octanol–water partition coefficient (Wildman–Crippen LogP) is 1.61. The fourth-order valence-corrected chi connectivity index (χ4v) is 3.30. The Bertz CT molecular complexity index is 551. The van der Waals surface area contributed by atoms with Crippen LogP contribution in [0, 0.1) is 5.82 Å². The SMILES string of the molecule is CCC(CCO)NS(=O)(=O)c1cc(N)c(Br)cc1F. The van der Waals surface area contributed by atoms with Crippen LogP contribution in [0.5, 0.6) is 0 Å². The Labute approximate surface area is 120 Å². The summed E-state index contributed by atoms with van der Waals surface area (Å²) in [7, 11) is -4.00. The lowest BCUT2D eigenvalue weighted by atomic mass is 10.2. The fraction of sp³-hybridized carbons (Fsp3) is 0.455. The summed E-state index contributed by atoms with van der Waals surface area (Å²) in [5.41, 5.74) is 5.70. The number of benzene rings is 1. The molecule has 0 aliphatic heterocycles. The molecular weight excluding hydrogens is 339 g/mol. The molecular formula is C11H16BrFN2O3S. The van der Waals surface area contributed by atoms with E-state index in [9.17, 15) is 12.8 Å². The quantitative estimate of drug-likeness (QED) is 0.676. The molecule has 1 unspecified atom stereocenters. The van der Waals surface area contributed by atoms with Crippen LogP contribution in [0.25, 0.3) is 0 Å². The summed E-state index contributed by atoms with van der Waals surface area (Å²) in [4.78, 5) is -0.496. The van der Waals surface area contributed by atoms with E-state index >= 15 is 0 Å². The Hall–Kier alpha value is -0.700. The van der Waals surface area contributed by atoms with Crippen molar-refractivity contribution in [1.82, 2.24) is 4.72 Å².